The topological polar surface area (TPSA) is 103 Å². The van der Waals surface area contributed by atoms with E-state index in [2.05, 4.69) is 14.6 Å². The van der Waals surface area contributed by atoms with Crippen molar-refractivity contribution in [1.29, 1.82) is 0 Å². The number of nitrogens with zero attached hydrogens (tertiary/aromatic N) is 3. The summed E-state index contributed by atoms with van der Waals surface area (Å²) < 4.78 is 22.3. The van der Waals surface area contributed by atoms with Gasteiger partial charge in [-0.15, -0.1) is 5.10 Å². The highest BCUT2D eigenvalue weighted by atomic mass is 32.2. The molecule has 7 heteroatoms. The molecule has 6 nitrogen and oxygen atoms in total. The van der Waals surface area contributed by atoms with Gasteiger partial charge < -0.3 is 10.3 Å². The molecule has 1 atom stereocenters. The van der Waals surface area contributed by atoms with E-state index < -0.39 is 11.3 Å². The molecule has 10 heavy (non-hydrogen) atoms. The van der Waals surface area contributed by atoms with E-state index >= 15 is 0 Å². The summed E-state index contributed by atoms with van der Waals surface area (Å²) in [6.07, 6.45) is 3.05. The molecular formula is C3H5N4O2S-. The van der Waals surface area contributed by atoms with Gasteiger partial charge in [-0.2, -0.15) is 5.10 Å². The molecule has 0 bridgehead atoms. The van der Waals surface area contributed by atoms with Crippen LogP contribution < -0.4 is 5.73 Å². The van der Waals surface area contributed by atoms with E-state index in [0.29, 0.717) is 0 Å². The Morgan fingerprint density at radius 2 is 2.10 bits per heavy atom. The summed E-state index contributed by atoms with van der Waals surface area (Å²) >= 11 is -2.43. The largest absolute Gasteiger partial charge is 0.754 e. The van der Waals surface area contributed by atoms with Crippen molar-refractivity contribution in [3.63, 3.8) is 0 Å². The predicted octanol–water partition coefficient (Wildman–Crippen LogP) is -1.18. The van der Waals surface area contributed by atoms with Crippen LogP contribution in [0.4, 0.5) is 0 Å². The minimum absolute atomic E-state index is 0.971. The lowest BCUT2D eigenvalue weighted by Gasteiger charge is -1.89. The van der Waals surface area contributed by atoms with Gasteiger partial charge in [0.2, 0.25) is 0 Å². The Kier molecular flexibility index (Phi) is 5.39. The number of nitrogens with two attached hydrogens (primary N) is 1. The minimum atomic E-state index is -2.43. The maximum Gasteiger partial charge on any atom is 0.108 e. The zero-order valence-corrected chi connectivity index (χ0v) is 5.69. The first kappa shape index (κ1) is 8.92. The average Bonchev–Trinajstić information content (AvgIpc) is 1.87. The van der Waals surface area contributed by atoms with Crippen molar-refractivity contribution >= 4 is 30.0 Å². The maximum absolute atomic E-state index is 9.71. The smallest absolute Gasteiger partial charge is 0.108 e. The molecule has 0 saturated carbocycles. The van der Waals surface area contributed by atoms with E-state index in [9.17, 15) is 8.76 Å². The van der Waals surface area contributed by atoms with E-state index in [4.69, 9.17) is 5.73 Å². The molecule has 56 valence electrons. The van der Waals surface area contributed by atoms with Gasteiger partial charge in [0, 0.05) is 0 Å². The minimum Gasteiger partial charge on any atom is -0.754 e. The van der Waals surface area contributed by atoms with Crippen molar-refractivity contribution in [3.8, 4) is 0 Å². The lowest BCUT2D eigenvalue weighted by atomic mass is 10.8. The lowest BCUT2D eigenvalue weighted by Crippen LogP contribution is -1.86. The lowest BCUT2D eigenvalue weighted by molar-refractivity contribution is 0.539. The summed E-state index contributed by atoms with van der Waals surface area (Å²) in [4.78, 5) is 0. The van der Waals surface area contributed by atoms with E-state index in [1.807, 2.05) is 0 Å². The molecule has 0 spiro atoms. The first-order valence-electron chi connectivity index (χ1n) is 2.16. The fourth-order valence-electron chi connectivity index (χ4n) is 0.184. The molecule has 0 aromatic rings. The Hall–Kier alpha value is -1.08. The van der Waals surface area contributed by atoms with Crippen molar-refractivity contribution in [3.05, 3.63) is 0 Å². The van der Waals surface area contributed by atoms with Gasteiger partial charge in [0.1, 0.15) is 6.34 Å². The van der Waals surface area contributed by atoms with Crippen LogP contribution in [0.15, 0.2) is 14.6 Å². The second-order valence-corrected chi connectivity index (χ2v) is 1.65. The number of hydrogen-bond acceptors (Lipinski definition) is 4. The van der Waals surface area contributed by atoms with Gasteiger partial charge in [0.25, 0.3) is 0 Å². The molecule has 0 radical (unpaired) electrons. The molecule has 0 aromatic carbocycles. The first-order chi connectivity index (χ1) is 4.77. The maximum atomic E-state index is 9.71. The van der Waals surface area contributed by atoms with Crippen LogP contribution in [-0.4, -0.2) is 27.5 Å². The summed E-state index contributed by atoms with van der Waals surface area (Å²) in [5.74, 6) is 0. The monoisotopic (exact) mass is 161 g/mol. The Balaban J connectivity index is 3.62. The van der Waals surface area contributed by atoms with Crippen molar-refractivity contribution in [2.24, 2.45) is 20.3 Å². The zero-order chi connectivity index (χ0) is 7.82. The highest BCUT2D eigenvalue weighted by Gasteiger charge is 1.65. The summed E-state index contributed by atoms with van der Waals surface area (Å²) in [6.45, 7) is 0. The second-order valence-electron chi connectivity index (χ2n) is 1.00. The molecule has 0 aliphatic carbocycles. The van der Waals surface area contributed by atoms with Crippen LogP contribution in [0.2, 0.25) is 0 Å². The van der Waals surface area contributed by atoms with Crippen LogP contribution in [0.5, 0.6) is 0 Å². The average molecular weight is 161 g/mol. The Morgan fingerprint density at radius 3 is 2.60 bits per heavy atom. The van der Waals surface area contributed by atoms with Crippen molar-refractivity contribution in [2.45, 2.75) is 0 Å². The highest BCUT2D eigenvalue weighted by Crippen LogP contribution is 1.69. The third-order valence-corrected chi connectivity index (χ3v) is 0.707. The molecule has 0 aliphatic heterocycles. The SMILES string of the molecule is NC=NN=CC=NS(=O)[O-]. The molecule has 1 unspecified atom stereocenters. The van der Waals surface area contributed by atoms with Crippen molar-refractivity contribution < 1.29 is 8.76 Å². The van der Waals surface area contributed by atoms with Crippen LogP contribution in [0.1, 0.15) is 0 Å². The summed E-state index contributed by atoms with van der Waals surface area (Å²) in [7, 11) is 0. The first-order valence-corrected chi connectivity index (χ1v) is 3.19. The van der Waals surface area contributed by atoms with Crippen LogP contribution >= 0.6 is 0 Å². The summed E-state index contributed by atoms with van der Waals surface area (Å²) in [5.41, 5.74) is 4.80. The zero-order valence-electron chi connectivity index (χ0n) is 4.88. The normalized spacial score (nSPS) is 15.7. The quantitative estimate of drug-likeness (QED) is 0.244. The molecule has 0 aromatic heterocycles. The molecule has 0 amide bonds. The van der Waals surface area contributed by atoms with Crippen LogP contribution in [0.25, 0.3) is 0 Å². The van der Waals surface area contributed by atoms with E-state index in [-0.39, 0.29) is 0 Å². The molecule has 0 heterocycles. The summed E-state index contributed by atoms with van der Waals surface area (Å²) in [5, 5.41) is 6.46. The third-order valence-electron chi connectivity index (χ3n) is 0.414. The highest BCUT2D eigenvalue weighted by molar-refractivity contribution is 7.77. The van der Waals surface area contributed by atoms with E-state index in [1.54, 1.807) is 0 Å². The van der Waals surface area contributed by atoms with E-state index in [0.717, 1.165) is 18.8 Å². The van der Waals surface area contributed by atoms with Gasteiger partial charge in [0.05, 0.1) is 23.7 Å². The molecular weight excluding hydrogens is 156 g/mol. The number of rotatable bonds is 3. The second kappa shape index (κ2) is 6.05. The van der Waals surface area contributed by atoms with E-state index in [1.165, 1.54) is 0 Å². The van der Waals surface area contributed by atoms with Gasteiger partial charge in [-0.1, -0.05) is 0 Å². The molecule has 0 fully saturated rings. The Labute approximate surface area is 60.0 Å². The van der Waals surface area contributed by atoms with Gasteiger partial charge in [-0.3, -0.25) is 4.21 Å². The molecule has 0 rings (SSSR count). The van der Waals surface area contributed by atoms with Crippen molar-refractivity contribution in [1.82, 2.24) is 0 Å². The molecule has 0 saturated heterocycles. The molecule has 2 N–H and O–H groups in total. The van der Waals surface area contributed by atoms with Gasteiger partial charge in [-0.25, -0.2) is 4.40 Å². The Bertz CT molecular complexity index is 187. The van der Waals surface area contributed by atoms with Gasteiger partial charge >= 0.3 is 0 Å². The van der Waals surface area contributed by atoms with Crippen LogP contribution in [-0.2, 0) is 11.3 Å². The predicted molar refractivity (Wildman–Crippen MR) is 38.6 cm³/mol. The van der Waals surface area contributed by atoms with Gasteiger partial charge in [-0.05, 0) is 0 Å². The Morgan fingerprint density at radius 1 is 1.40 bits per heavy atom. The standard InChI is InChI=1S/C3H6N4O2S/c4-3-6-5-1-2-7-10(8)9/h1-3H,(H2,4,6)(H,8,9)/p-1. The van der Waals surface area contributed by atoms with Gasteiger partial charge in [0.15, 0.2) is 0 Å². The third kappa shape index (κ3) is 6.92. The summed E-state index contributed by atoms with van der Waals surface area (Å²) in [6, 6.07) is 0. The number of hydrogen-bond donors (Lipinski definition) is 1. The fourth-order valence-corrected chi connectivity index (χ4v) is 0.338. The molecule has 0 aliphatic rings. The van der Waals surface area contributed by atoms with Crippen LogP contribution in [0.3, 0.4) is 0 Å². The van der Waals surface area contributed by atoms with Crippen LogP contribution in [0, 0.1) is 0 Å². The van der Waals surface area contributed by atoms with Crippen molar-refractivity contribution in [2.75, 3.05) is 0 Å². The fraction of sp³-hybridized carbons (Fsp3) is 0.